The molecule has 3 amide bonds. The molecule has 28 heavy (non-hydrogen) atoms. The number of hydrogen-bond donors (Lipinski definition) is 1. The average Bonchev–Trinajstić information content (AvgIpc) is 3.17. The highest BCUT2D eigenvalue weighted by Gasteiger charge is 2.33. The van der Waals surface area contributed by atoms with Gasteiger partial charge in [0.05, 0.1) is 25.5 Å². The molecule has 0 saturated carbocycles. The lowest BCUT2D eigenvalue weighted by Gasteiger charge is -2.38. The Hall–Kier alpha value is -2.94. The Balaban J connectivity index is 1.22. The molecule has 9 nitrogen and oxygen atoms in total. The van der Waals surface area contributed by atoms with Gasteiger partial charge in [-0.05, 0) is 12.0 Å². The average molecular weight is 384 g/mol. The maximum Gasteiger partial charge on any atom is 0.317 e. The second kappa shape index (κ2) is 8.39. The van der Waals surface area contributed by atoms with Gasteiger partial charge in [0.15, 0.2) is 5.69 Å². The van der Waals surface area contributed by atoms with E-state index in [1.54, 1.807) is 20.7 Å². The van der Waals surface area contributed by atoms with E-state index in [1.807, 2.05) is 30.3 Å². The highest BCUT2D eigenvalue weighted by atomic mass is 16.5. The summed E-state index contributed by atoms with van der Waals surface area (Å²) in [5, 5.41) is 11.0. The highest BCUT2D eigenvalue weighted by Crippen LogP contribution is 2.20. The second-order valence-corrected chi connectivity index (χ2v) is 7.01. The van der Waals surface area contributed by atoms with Gasteiger partial charge in [-0.15, -0.1) is 5.10 Å². The van der Waals surface area contributed by atoms with Gasteiger partial charge < -0.3 is 19.9 Å². The Labute approximate surface area is 163 Å². The fourth-order valence-electron chi connectivity index (χ4n) is 3.34. The maximum absolute atomic E-state index is 12.4. The van der Waals surface area contributed by atoms with Gasteiger partial charge in [-0.3, -0.25) is 4.79 Å². The molecular weight excluding hydrogens is 360 g/mol. The van der Waals surface area contributed by atoms with Crippen molar-refractivity contribution in [1.29, 1.82) is 0 Å². The van der Waals surface area contributed by atoms with Crippen molar-refractivity contribution >= 4 is 11.9 Å². The molecule has 0 aliphatic carbocycles. The van der Waals surface area contributed by atoms with Gasteiger partial charge in [0.25, 0.3) is 5.91 Å². The van der Waals surface area contributed by atoms with E-state index in [0.29, 0.717) is 51.6 Å². The molecule has 9 heteroatoms. The van der Waals surface area contributed by atoms with Crippen LogP contribution in [0.15, 0.2) is 36.5 Å². The molecule has 0 spiro atoms. The zero-order chi connectivity index (χ0) is 19.3. The molecule has 3 heterocycles. The Kier molecular flexibility index (Phi) is 5.52. The molecule has 0 bridgehead atoms. The van der Waals surface area contributed by atoms with Gasteiger partial charge in [0.1, 0.15) is 0 Å². The summed E-state index contributed by atoms with van der Waals surface area (Å²) in [6.07, 6.45) is 2.48. The van der Waals surface area contributed by atoms with E-state index >= 15 is 0 Å². The fraction of sp³-hybridized carbons (Fsp3) is 0.474. The Bertz CT molecular complexity index is 812. The monoisotopic (exact) mass is 384 g/mol. The van der Waals surface area contributed by atoms with Gasteiger partial charge in [-0.25, -0.2) is 9.48 Å². The lowest BCUT2D eigenvalue weighted by Crippen LogP contribution is -2.54. The van der Waals surface area contributed by atoms with Crippen molar-refractivity contribution in [3.63, 3.8) is 0 Å². The topological polar surface area (TPSA) is 92.6 Å². The number of nitrogens with one attached hydrogen (secondary N) is 1. The quantitative estimate of drug-likeness (QED) is 0.813. The molecule has 2 aliphatic heterocycles. The SMILES string of the molecule is O=C(NCCc1ccccc1)N1CC(n2cc(C(=O)N3CCOCC3)nn2)C1. The smallest absolute Gasteiger partial charge is 0.317 e. The van der Waals surface area contributed by atoms with Gasteiger partial charge in [-0.1, -0.05) is 35.5 Å². The van der Waals surface area contributed by atoms with Crippen LogP contribution in [0.25, 0.3) is 0 Å². The van der Waals surface area contributed by atoms with Crippen LogP contribution >= 0.6 is 0 Å². The predicted molar refractivity (Wildman–Crippen MR) is 101 cm³/mol. The van der Waals surface area contributed by atoms with Crippen molar-refractivity contribution in [3.8, 4) is 0 Å². The van der Waals surface area contributed by atoms with Crippen molar-refractivity contribution in [2.45, 2.75) is 12.5 Å². The lowest BCUT2D eigenvalue weighted by atomic mass is 10.1. The molecule has 0 atom stereocenters. The second-order valence-electron chi connectivity index (χ2n) is 7.01. The summed E-state index contributed by atoms with van der Waals surface area (Å²) >= 11 is 0. The number of urea groups is 1. The largest absolute Gasteiger partial charge is 0.378 e. The number of aromatic nitrogens is 3. The van der Waals surface area contributed by atoms with E-state index in [1.165, 1.54) is 5.56 Å². The number of carbonyl (C=O) groups is 2. The van der Waals surface area contributed by atoms with Crippen molar-refractivity contribution in [1.82, 2.24) is 30.1 Å². The first kappa shape index (κ1) is 18.4. The summed E-state index contributed by atoms with van der Waals surface area (Å²) in [7, 11) is 0. The fourth-order valence-corrected chi connectivity index (χ4v) is 3.34. The Morgan fingerprint density at radius 3 is 2.61 bits per heavy atom. The predicted octanol–water partition coefficient (Wildman–Crippen LogP) is 0.560. The third-order valence-corrected chi connectivity index (χ3v) is 5.08. The van der Waals surface area contributed by atoms with Gasteiger partial charge in [0.2, 0.25) is 0 Å². The van der Waals surface area contributed by atoms with Crippen molar-refractivity contribution < 1.29 is 14.3 Å². The summed E-state index contributed by atoms with van der Waals surface area (Å²) in [5.41, 5.74) is 1.54. The molecule has 0 unspecified atom stereocenters. The maximum atomic E-state index is 12.4. The van der Waals surface area contributed by atoms with Crippen molar-refractivity contribution in [2.24, 2.45) is 0 Å². The third-order valence-electron chi connectivity index (χ3n) is 5.08. The summed E-state index contributed by atoms with van der Waals surface area (Å²) in [6, 6.07) is 10.0. The van der Waals surface area contributed by atoms with Crippen LogP contribution in [0, 0.1) is 0 Å². The van der Waals surface area contributed by atoms with Crippen LogP contribution in [-0.4, -0.2) is 82.7 Å². The first-order valence-electron chi connectivity index (χ1n) is 9.56. The molecule has 1 aromatic carbocycles. The number of benzene rings is 1. The summed E-state index contributed by atoms with van der Waals surface area (Å²) in [6.45, 7) is 3.98. The molecule has 2 aromatic rings. The zero-order valence-corrected chi connectivity index (χ0v) is 15.7. The molecule has 148 valence electrons. The van der Waals surface area contributed by atoms with E-state index in [-0.39, 0.29) is 18.0 Å². The van der Waals surface area contributed by atoms with E-state index in [2.05, 4.69) is 15.6 Å². The lowest BCUT2D eigenvalue weighted by molar-refractivity contribution is 0.0299. The minimum atomic E-state index is -0.121. The summed E-state index contributed by atoms with van der Waals surface area (Å²) in [5.74, 6) is -0.121. The zero-order valence-electron chi connectivity index (χ0n) is 15.7. The third kappa shape index (κ3) is 4.14. The number of carbonyl (C=O) groups excluding carboxylic acids is 2. The van der Waals surface area contributed by atoms with Crippen LogP contribution in [0.5, 0.6) is 0 Å². The molecule has 2 aliphatic rings. The van der Waals surface area contributed by atoms with Crippen LogP contribution in [0.4, 0.5) is 4.79 Å². The van der Waals surface area contributed by atoms with Crippen LogP contribution in [0.3, 0.4) is 0 Å². The number of likely N-dealkylation sites (tertiary alicyclic amines) is 1. The molecule has 2 fully saturated rings. The molecule has 4 rings (SSSR count). The first-order chi connectivity index (χ1) is 13.7. The van der Waals surface area contributed by atoms with Crippen LogP contribution in [-0.2, 0) is 11.2 Å². The van der Waals surface area contributed by atoms with Crippen LogP contribution < -0.4 is 5.32 Å². The highest BCUT2D eigenvalue weighted by molar-refractivity contribution is 5.92. The normalized spacial score (nSPS) is 17.3. The Morgan fingerprint density at radius 2 is 1.86 bits per heavy atom. The van der Waals surface area contributed by atoms with E-state index in [4.69, 9.17) is 4.74 Å². The van der Waals surface area contributed by atoms with Crippen LogP contribution in [0.1, 0.15) is 22.1 Å². The minimum absolute atomic E-state index is 0.0543. The van der Waals surface area contributed by atoms with Gasteiger partial charge >= 0.3 is 6.03 Å². The number of nitrogens with zero attached hydrogens (tertiary/aromatic N) is 5. The van der Waals surface area contributed by atoms with E-state index in [9.17, 15) is 9.59 Å². The standard InChI is InChI=1S/C19H24N6O3/c26-18(23-8-10-28-11-9-23)17-14-25(22-21-17)16-12-24(13-16)19(27)20-7-6-15-4-2-1-3-5-15/h1-5,14,16H,6-13H2,(H,20,27). The number of rotatable bonds is 5. The molecule has 1 N–H and O–H groups in total. The van der Waals surface area contributed by atoms with E-state index < -0.39 is 0 Å². The van der Waals surface area contributed by atoms with Gasteiger partial charge in [0, 0.05) is 32.7 Å². The first-order valence-corrected chi connectivity index (χ1v) is 9.56. The van der Waals surface area contributed by atoms with E-state index in [0.717, 1.165) is 6.42 Å². The molecular formula is C19H24N6O3. The molecule has 0 radical (unpaired) electrons. The number of hydrogen-bond acceptors (Lipinski definition) is 5. The number of amides is 3. The van der Waals surface area contributed by atoms with Gasteiger partial charge in [-0.2, -0.15) is 0 Å². The molecule has 2 saturated heterocycles. The Morgan fingerprint density at radius 1 is 1.11 bits per heavy atom. The van der Waals surface area contributed by atoms with Crippen molar-refractivity contribution in [2.75, 3.05) is 45.9 Å². The number of ether oxygens (including phenoxy) is 1. The van der Waals surface area contributed by atoms with Crippen molar-refractivity contribution in [3.05, 3.63) is 47.8 Å². The number of morpholine rings is 1. The summed E-state index contributed by atoms with van der Waals surface area (Å²) in [4.78, 5) is 28.1. The van der Waals surface area contributed by atoms with Crippen LogP contribution in [0.2, 0.25) is 0 Å². The minimum Gasteiger partial charge on any atom is -0.378 e. The summed E-state index contributed by atoms with van der Waals surface area (Å²) < 4.78 is 6.95. The molecule has 1 aromatic heterocycles.